The standard InChI is InChI=1S/C16H15FO4/c1-10-3-4-11(8-14(10)18)16(19)21-9-12-7-13(17)5-6-15(12)20-2/h3-8,18H,9H2,1-2H3. The van der Waals surface area contributed by atoms with Crippen molar-refractivity contribution in [3.05, 3.63) is 58.9 Å². The summed E-state index contributed by atoms with van der Waals surface area (Å²) in [6.45, 7) is 1.61. The maximum absolute atomic E-state index is 13.2. The molecule has 0 spiro atoms. The zero-order chi connectivity index (χ0) is 15.4. The number of esters is 1. The SMILES string of the molecule is COc1ccc(F)cc1COC(=O)c1ccc(C)c(O)c1. The van der Waals surface area contributed by atoms with Crippen LogP contribution in [0.5, 0.6) is 11.5 Å². The normalized spacial score (nSPS) is 10.2. The Morgan fingerprint density at radius 3 is 2.67 bits per heavy atom. The molecule has 0 aliphatic heterocycles. The van der Waals surface area contributed by atoms with E-state index in [1.54, 1.807) is 19.1 Å². The predicted octanol–water partition coefficient (Wildman–Crippen LogP) is 3.21. The Hall–Kier alpha value is -2.56. The van der Waals surface area contributed by atoms with E-state index in [4.69, 9.17) is 9.47 Å². The van der Waals surface area contributed by atoms with Crippen LogP contribution in [0, 0.1) is 12.7 Å². The van der Waals surface area contributed by atoms with Crippen molar-refractivity contribution in [2.24, 2.45) is 0 Å². The van der Waals surface area contributed by atoms with Crippen molar-refractivity contribution < 1.29 is 23.8 Å². The first-order valence-corrected chi connectivity index (χ1v) is 6.30. The molecular formula is C16H15FO4. The summed E-state index contributed by atoms with van der Waals surface area (Å²) in [5.41, 5.74) is 1.33. The molecule has 2 rings (SSSR count). The van der Waals surface area contributed by atoms with Crippen molar-refractivity contribution in [2.75, 3.05) is 7.11 Å². The Balaban J connectivity index is 2.10. The highest BCUT2D eigenvalue weighted by atomic mass is 19.1. The number of ether oxygens (including phenoxy) is 2. The maximum atomic E-state index is 13.2. The van der Waals surface area contributed by atoms with Crippen LogP contribution in [-0.2, 0) is 11.3 Å². The number of halogens is 1. The van der Waals surface area contributed by atoms with Gasteiger partial charge in [0.25, 0.3) is 0 Å². The van der Waals surface area contributed by atoms with Gasteiger partial charge >= 0.3 is 5.97 Å². The Morgan fingerprint density at radius 1 is 1.24 bits per heavy atom. The average molecular weight is 290 g/mol. The molecule has 0 radical (unpaired) electrons. The topological polar surface area (TPSA) is 55.8 Å². The Labute approximate surface area is 121 Å². The summed E-state index contributed by atoms with van der Waals surface area (Å²) in [5.74, 6) is -0.574. The maximum Gasteiger partial charge on any atom is 0.338 e. The largest absolute Gasteiger partial charge is 0.508 e. The average Bonchev–Trinajstić information content (AvgIpc) is 2.47. The van der Waals surface area contributed by atoms with Gasteiger partial charge in [0.2, 0.25) is 0 Å². The van der Waals surface area contributed by atoms with E-state index in [-0.39, 0.29) is 17.9 Å². The van der Waals surface area contributed by atoms with Gasteiger partial charge in [0, 0.05) is 5.56 Å². The summed E-state index contributed by atoms with van der Waals surface area (Å²) in [6, 6.07) is 8.49. The van der Waals surface area contributed by atoms with Crippen molar-refractivity contribution in [1.82, 2.24) is 0 Å². The van der Waals surface area contributed by atoms with Gasteiger partial charge in [0.15, 0.2) is 0 Å². The molecule has 0 heterocycles. The minimum atomic E-state index is -0.600. The smallest absolute Gasteiger partial charge is 0.338 e. The Morgan fingerprint density at radius 2 is 2.00 bits per heavy atom. The third-order valence-electron chi connectivity index (χ3n) is 3.05. The molecule has 0 atom stereocenters. The number of aryl methyl sites for hydroxylation is 1. The molecule has 0 aliphatic rings. The fraction of sp³-hybridized carbons (Fsp3) is 0.188. The third-order valence-corrected chi connectivity index (χ3v) is 3.05. The van der Waals surface area contributed by atoms with E-state index in [9.17, 15) is 14.3 Å². The van der Waals surface area contributed by atoms with Crippen molar-refractivity contribution in [3.8, 4) is 11.5 Å². The van der Waals surface area contributed by atoms with E-state index in [1.807, 2.05) is 0 Å². The van der Waals surface area contributed by atoms with Crippen LogP contribution in [0.3, 0.4) is 0 Å². The molecule has 2 aromatic carbocycles. The minimum Gasteiger partial charge on any atom is -0.508 e. The summed E-state index contributed by atoms with van der Waals surface area (Å²) >= 11 is 0. The van der Waals surface area contributed by atoms with Crippen LogP contribution in [0.4, 0.5) is 4.39 Å². The zero-order valence-electron chi connectivity index (χ0n) is 11.7. The van der Waals surface area contributed by atoms with Gasteiger partial charge in [0.1, 0.15) is 23.9 Å². The van der Waals surface area contributed by atoms with Gasteiger partial charge in [-0.3, -0.25) is 0 Å². The lowest BCUT2D eigenvalue weighted by Gasteiger charge is -2.10. The van der Waals surface area contributed by atoms with Crippen LogP contribution >= 0.6 is 0 Å². The van der Waals surface area contributed by atoms with Crippen LogP contribution in [0.1, 0.15) is 21.5 Å². The van der Waals surface area contributed by atoms with Gasteiger partial charge in [0.05, 0.1) is 12.7 Å². The molecular weight excluding hydrogens is 275 g/mol. The molecule has 0 aromatic heterocycles. The molecule has 0 saturated carbocycles. The second-order valence-electron chi connectivity index (χ2n) is 4.53. The number of carbonyl (C=O) groups excluding carboxylic acids is 1. The number of phenols is 1. The summed E-state index contributed by atoms with van der Waals surface area (Å²) in [7, 11) is 1.45. The van der Waals surface area contributed by atoms with Gasteiger partial charge < -0.3 is 14.6 Å². The molecule has 2 aromatic rings. The lowest BCUT2D eigenvalue weighted by Crippen LogP contribution is -2.06. The molecule has 4 nitrogen and oxygen atoms in total. The highest BCUT2D eigenvalue weighted by Gasteiger charge is 2.12. The van der Waals surface area contributed by atoms with E-state index in [2.05, 4.69) is 0 Å². The highest BCUT2D eigenvalue weighted by molar-refractivity contribution is 5.90. The first-order chi connectivity index (χ1) is 10.0. The second kappa shape index (κ2) is 6.26. The second-order valence-corrected chi connectivity index (χ2v) is 4.53. The molecule has 21 heavy (non-hydrogen) atoms. The first-order valence-electron chi connectivity index (χ1n) is 6.30. The van der Waals surface area contributed by atoms with E-state index >= 15 is 0 Å². The highest BCUT2D eigenvalue weighted by Crippen LogP contribution is 2.22. The van der Waals surface area contributed by atoms with Crippen LogP contribution in [0.2, 0.25) is 0 Å². The lowest BCUT2D eigenvalue weighted by atomic mass is 10.1. The van der Waals surface area contributed by atoms with Crippen molar-refractivity contribution >= 4 is 5.97 Å². The predicted molar refractivity (Wildman–Crippen MR) is 74.9 cm³/mol. The Bertz CT molecular complexity index is 667. The molecule has 0 unspecified atom stereocenters. The first kappa shape index (κ1) is 14.8. The number of methoxy groups -OCH3 is 1. The summed E-state index contributed by atoms with van der Waals surface area (Å²) in [5, 5.41) is 9.58. The van der Waals surface area contributed by atoms with Crippen LogP contribution in [0.15, 0.2) is 36.4 Å². The Kier molecular flexibility index (Phi) is 4.42. The number of benzene rings is 2. The van der Waals surface area contributed by atoms with Gasteiger partial charge in [-0.15, -0.1) is 0 Å². The molecule has 5 heteroatoms. The number of aromatic hydroxyl groups is 1. The molecule has 0 aliphatic carbocycles. The lowest BCUT2D eigenvalue weighted by molar-refractivity contribution is 0.0469. The van der Waals surface area contributed by atoms with E-state index < -0.39 is 11.8 Å². The van der Waals surface area contributed by atoms with Gasteiger partial charge in [-0.25, -0.2) is 9.18 Å². The van der Waals surface area contributed by atoms with Crippen molar-refractivity contribution in [2.45, 2.75) is 13.5 Å². The van der Waals surface area contributed by atoms with E-state index in [1.165, 1.54) is 31.4 Å². The number of hydrogen-bond donors (Lipinski definition) is 1. The molecule has 0 amide bonds. The quantitative estimate of drug-likeness (QED) is 0.878. The van der Waals surface area contributed by atoms with Crippen molar-refractivity contribution in [1.29, 1.82) is 0 Å². The summed E-state index contributed by atoms with van der Waals surface area (Å²) in [4.78, 5) is 11.9. The van der Waals surface area contributed by atoms with Crippen LogP contribution in [-0.4, -0.2) is 18.2 Å². The number of hydrogen-bond acceptors (Lipinski definition) is 4. The zero-order valence-corrected chi connectivity index (χ0v) is 11.7. The fourth-order valence-electron chi connectivity index (χ4n) is 1.82. The molecule has 1 N–H and O–H groups in total. The minimum absolute atomic E-state index is 0.0211. The van der Waals surface area contributed by atoms with Gasteiger partial charge in [-0.2, -0.15) is 0 Å². The molecule has 110 valence electrons. The summed E-state index contributed by atoms with van der Waals surface area (Å²) < 4.78 is 23.4. The number of carbonyl (C=O) groups is 1. The van der Waals surface area contributed by atoms with Gasteiger partial charge in [-0.1, -0.05) is 6.07 Å². The third kappa shape index (κ3) is 3.51. The summed E-state index contributed by atoms with van der Waals surface area (Å²) in [6.07, 6.45) is 0. The van der Waals surface area contributed by atoms with Gasteiger partial charge in [-0.05, 0) is 42.8 Å². The molecule has 0 saturated heterocycles. The van der Waals surface area contributed by atoms with Crippen LogP contribution in [0.25, 0.3) is 0 Å². The molecule has 0 bridgehead atoms. The fourth-order valence-corrected chi connectivity index (χ4v) is 1.82. The number of phenolic OH excluding ortho intramolecular Hbond substituents is 1. The monoisotopic (exact) mass is 290 g/mol. The molecule has 0 fully saturated rings. The van der Waals surface area contributed by atoms with E-state index in [0.717, 1.165) is 0 Å². The van der Waals surface area contributed by atoms with Crippen LogP contribution < -0.4 is 4.74 Å². The number of rotatable bonds is 4. The van der Waals surface area contributed by atoms with Crippen molar-refractivity contribution in [3.63, 3.8) is 0 Å². The van der Waals surface area contributed by atoms with E-state index in [0.29, 0.717) is 16.9 Å².